The van der Waals surface area contributed by atoms with Crippen LogP contribution in [-0.2, 0) is 10.0 Å². The molecule has 210 valence electrons. The van der Waals surface area contributed by atoms with E-state index in [9.17, 15) is 18.0 Å². The molecule has 2 heterocycles. The van der Waals surface area contributed by atoms with Gasteiger partial charge in [-0.3, -0.25) is 9.59 Å². The Bertz CT molecular complexity index is 1930. The van der Waals surface area contributed by atoms with Gasteiger partial charge in [0.1, 0.15) is 17.6 Å². The highest BCUT2D eigenvalue weighted by Crippen LogP contribution is 2.32. The van der Waals surface area contributed by atoms with Crippen molar-refractivity contribution in [2.75, 3.05) is 25.2 Å². The third-order valence-corrected chi connectivity index (χ3v) is 9.48. The number of carbonyl (C=O) groups excluding carboxylic acids is 1. The first-order valence-electron chi connectivity index (χ1n) is 12.7. The molecule has 5 rings (SSSR count). The molecule has 2 aromatic heterocycles. The number of benzene rings is 3. The minimum atomic E-state index is -3.70. The number of anilines is 1. The highest BCUT2D eigenvalue weighted by molar-refractivity contribution is 7.89. The fourth-order valence-corrected chi connectivity index (χ4v) is 6.61. The second-order valence-corrected chi connectivity index (χ2v) is 11.8. The van der Waals surface area contributed by atoms with Crippen molar-refractivity contribution in [2.24, 2.45) is 5.10 Å². The van der Waals surface area contributed by atoms with Gasteiger partial charge < -0.3 is 9.15 Å². The van der Waals surface area contributed by atoms with Crippen molar-refractivity contribution < 1.29 is 22.4 Å². The molecule has 0 saturated heterocycles. The molecule has 0 atom stereocenters. The molecule has 0 aliphatic carbocycles. The number of ether oxygens (including phenoxy) is 1. The normalized spacial score (nSPS) is 12.0. The fraction of sp³-hybridized carbons (Fsp3) is 0.172. The molecule has 0 N–H and O–H groups in total. The lowest BCUT2D eigenvalue weighted by molar-refractivity contribution is 0.0987. The van der Waals surface area contributed by atoms with Crippen LogP contribution in [0.3, 0.4) is 0 Å². The molecule has 12 heteroatoms. The summed E-state index contributed by atoms with van der Waals surface area (Å²) in [5.41, 5.74) is 1.09. The zero-order valence-corrected chi connectivity index (χ0v) is 24.1. The Morgan fingerprint density at radius 1 is 1.07 bits per heavy atom. The van der Waals surface area contributed by atoms with Crippen molar-refractivity contribution in [1.82, 2.24) is 9.29 Å². The van der Waals surface area contributed by atoms with Crippen molar-refractivity contribution in [3.8, 4) is 5.75 Å². The molecule has 0 aliphatic heterocycles. The van der Waals surface area contributed by atoms with Crippen molar-refractivity contribution in [1.29, 1.82) is 0 Å². The molecule has 41 heavy (non-hydrogen) atoms. The van der Waals surface area contributed by atoms with Gasteiger partial charge in [0, 0.05) is 18.7 Å². The number of nitrogens with zero attached hydrogens (tertiary/aromatic N) is 4. The molecule has 0 bridgehead atoms. The Balaban J connectivity index is 1.56. The number of thiazole rings is 1. The predicted octanol–water partition coefficient (Wildman–Crippen LogP) is 5.12. The number of sulfonamides is 1. The van der Waals surface area contributed by atoms with Gasteiger partial charge in [-0.05, 0) is 54.6 Å². The van der Waals surface area contributed by atoms with Crippen LogP contribution in [0, 0.1) is 0 Å². The summed E-state index contributed by atoms with van der Waals surface area (Å²) in [5.74, 6) is 0.0667. The van der Waals surface area contributed by atoms with Crippen molar-refractivity contribution in [3.05, 3.63) is 94.3 Å². The lowest BCUT2D eigenvalue weighted by Gasteiger charge is -2.19. The summed E-state index contributed by atoms with van der Waals surface area (Å²) in [6.45, 7) is 4.18. The monoisotopic (exact) mass is 590 g/mol. The maximum Gasteiger partial charge on any atom is 0.280 e. The molecule has 1 amide bonds. The van der Waals surface area contributed by atoms with Gasteiger partial charge in [0.05, 0.1) is 39.4 Å². The predicted molar refractivity (Wildman–Crippen MR) is 160 cm³/mol. The second kappa shape index (κ2) is 11.6. The molecule has 0 unspecified atom stereocenters. The average Bonchev–Trinajstić information content (AvgIpc) is 3.42. The fourth-order valence-electron chi connectivity index (χ4n) is 4.21. The summed E-state index contributed by atoms with van der Waals surface area (Å²) < 4.78 is 38.8. The summed E-state index contributed by atoms with van der Waals surface area (Å²) in [6.07, 6.45) is 2.54. The first-order chi connectivity index (χ1) is 19.8. The van der Waals surface area contributed by atoms with Crippen LogP contribution >= 0.6 is 11.3 Å². The van der Waals surface area contributed by atoms with Crippen LogP contribution < -0.4 is 15.2 Å². The molecule has 0 aliphatic rings. The molecular weight excluding hydrogens is 564 g/mol. The first-order valence-corrected chi connectivity index (χ1v) is 15.0. The lowest BCUT2D eigenvalue weighted by atomic mass is 10.2. The zero-order valence-electron chi connectivity index (χ0n) is 22.5. The second-order valence-electron chi connectivity index (χ2n) is 8.82. The van der Waals surface area contributed by atoms with Gasteiger partial charge in [0.15, 0.2) is 0 Å². The van der Waals surface area contributed by atoms with E-state index >= 15 is 0 Å². The number of fused-ring (bicyclic) bond motifs is 2. The number of rotatable bonds is 9. The van der Waals surface area contributed by atoms with Crippen LogP contribution in [-0.4, -0.2) is 50.0 Å². The van der Waals surface area contributed by atoms with Crippen LogP contribution in [0.25, 0.3) is 21.2 Å². The number of hydrogen-bond acceptors (Lipinski definition) is 9. The Kier molecular flexibility index (Phi) is 7.97. The molecule has 10 nitrogen and oxygen atoms in total. The average molecular weight is 591 g/mol. The number of methoxy groups -OCH3 is 1. The minimum Gasteiger partial charge on any atom is -0.497 e. The summed E-state index contributed by atoms with van der Waals surface area (Å²) >= 11 is 1.21. The van der Waals surface area contributed by atoms with E-state index in [2.05, 4.69) is 10.1 Å². The van der Waals surface area contributed by atoms with E-state index in [1.54, 1.807) is 63.4 Å². The highest BCUT2D eigenvalue weighted by atomic mass is 32.2. The Hall–Kier alpha value is -4.39. The van der Waals surface area contributed by atoms with E-state index in [0.29, 0.717) is 35.3 Å². The van der Waals surface area contributed by atoms with Gasteiger partial charge in [-0.1, -0.05) is 37.3 Å². The van der Waals surface area contributed by atoms with E-state index in [1.165, 1.54) is 52.4 Å². The zero-order chi connectivity index (χ0) is 29.1. The molecule has 3 aromatic carbocycles. The van der Waals surface area contributed by atoms with E-state index < -0.39 is 15.9 Å². The quantitative estimate of drug-likeness (QED) is 0.172. The highest BCUT2D eigenvalue weighted by Gasteiger charge is 2.25. The van der Waals surface area contributed by atoms with Gasteiger partial charge in [-0.15, -0.1) is 0 Å². The van der Waals surface area contributed by atoms with E-state index in [0.717, 1.165) is 9.71 Å². The molecular formula is C29H26N4O6S2. The van der Waals surface area contributed by atoms with Gasteiger partial charge in [-0.25, -0.2) is 13.4 Å². The summed E-state index contributed by atoms with van der Waals surface area (Å²) in [7, 11) is -2.14. The number of para-hydroxylation sites is 1. The van der Waals surface area contributed by atoms with Gasteiger partial charge in [0.25, 0.3) is 5.91 Å². The molecule has 0 radical (unpaired) electrons. The maximum absolute atomic E-state index is 13.8. The van der Waals surface area contributed by atoms with Gasteiger partial charge in [-0.2, -0.15) is 14.4 Å². The third-order valence-electron chi connectivity index (χ3n) is 6.42. The number of amides is 1. The van der Waals surface area contributed by atoms with E-state index in [-0.39, 0.29) is 26.6 Å². The smallest absolute Gasteiger partial charge is 0.280 e. The summed E-state index contributed by atoms with van der Waals surface area (Å²) in [6, 6.07) is 17.8. The molecule has 0 spiro atoms. The molecule has 0 saturated carbocycles. The SMILES string of the molecule is CCN(CC)S(=O)(=O)c1ccc(C(=O)N(/N=C/c2coc3ccccc3c2=O)c2nc3ccc(OC)cc3s2)cc1. The standard InChI is InChI=1S/C29H26N4O6S2/c1-4-32(5-2)41(36,37)22-13-10-19(11-14-22)28(35)33(29-31-24-15-12-21(38-3)16-26(24)40-29)30-17-20-18-39-25-9-7-6-8-23(25)27(20)34/h6-18H,4-5H2,1-3H3/b30-17+. The van der Waals surface area contributed by atoms with Crippen molar-refractivity contribution in [3.63, 3.8) is 0 Å². The summed E-state index contributed by atoms with van der Waals surface area (Å²) in [4.78, 5) is 31.4. The van der Waals surface area contributed by atoms with Crippen LogP contribution in [0.15, 0.2) is 92.2 Å². The number of aromatic nitrogens is 1. The first kappa shape index (κ1) is 28.1. The topological polar surface area (TPSA) is 122 Å². The van der Waals surface area contributed by atoms with Crippen LogP contribution in [0.2, 0.25) is 0 Å². The van der Waals surface area contributed by atoms with Crippen LogP contribution in [0.1, 0.15) is 29.8 Å². The van der Waals surface area contributed by atoms with E-state index in [4.69, 9.17) is 9.15 Å². The minimum absolute atomic E-state index is 0.0775. The van der Waals surface area contributed by atoms with Gasteiger partial charge >= 0.3 is 0 Å². The summed E-state index contributed by atoms with van der Waals surface area (Å²) in [5, 5.41) is 6.07. The number of carbonyl (C=O) groups is 1. The maximum atomic E-state index is 13.8. The Morgan fingerprint density at radius 3 is 2.51 bits per heavy atom. The third kappa shape index (κ3) is 5.49. The van der Waals surface area contributed by atoms with Crippen molar-refractivity contribution >= 4 is 59.8 Å². The number of hydrogen-bond donors (Lipinski definition) is 0. The number of hydrazone groups is 1. The van der Waals surface area contributed by atoms with E-state index in [1.807, 2.05) is 0 Å². The van der Waals surface area contributed by atoms with Crippen molar-refractivity contribution in [2.45, 2.75) is 18.7 Å². The molecule has 5 aromatic rings. The van der Waals surface area contributed by atoms with Gasteiger partial charge in [0.2, 0.25) is 20.6 Å². The largest absolute Gasteiger partial charge is 0.497 e. The van der Waals surface area contributed by atoms with Crippen LogP contribution in [0.4, 0.5) is 5.13 Å². The van der Waals surface area contributed by atoms with Crippen LogP contribution in [0.5, 0.6) is 5.75 Å². The Labute approximate surface area is 240 Å². The Morgan fingerprint density at radius 2 is 1.80 bits per heavy atom. The molecule has 0 fully saturated rings. The lowest BCUT2D eigenvalue weighted by Crippen LogP contribution is -2.30.